The van der Waals surface area contributed by atoms with Crippen molar-refractivity contribution in [3.8, 4) is 6.07 Å². The molecular weight excluding hydrogens is 224 g/mol. The van der Waals surface area contributed by atoms with Crippen LogP contribution in [0, 0.1) is 23.2 Å². The molecule has 3 atom stereocenters. The van der Waals surface area contributed by atoms with Gasteiger partial charge in [-0.3, -0.25) is 4.79 Å². The van der Waals surface area contributed by atoms with Gasteiger partial charge in [0.15, 0.2) is 0 Å². The second kappa shape index (κ2) is 5.56. The number of carbonyl (C=O) groups is 1. The Morgan fingerprint density at radius 3 is 2.89 bits per heavy atom. The molecule has 3 heteroatoms. The molecule has 0 aromatic rings. The van der Waals surface area contributed by atoms with Crippen LogP contribution in [0.15, 0.2) is 12.2 Å². The molecule has 0 radical (unpaired) electrons. The van der Waals surface area contributed by atoms with Crippen molar-refractivity contribution in [2.45, 2.75) is 57.4 Å². The second-order valence-corrected chi connectivity index (χ2v) is 5.87. The van der Waals surface area contributed by atoms with Crippen LogP contribution in [-0.4, -0.2) is 11.4 Å². The highest BCUT2D eigenvalue weighted by Crippen LogP contribution is 2.32. The number of hydrogen-bond acceptors (Lipinski definition) is 2. The van der Waals surface area contributed by atoms with E-state index >= 15 is 0 Å². The second-order valence-electron chi connectivity index (χ2n) is 5.87. The predicted octanol–water partition coefficient (Wildman–Crippen LogP) is 2.93. The van der Waals surface area contributed by atoms with Crippen LogP contribution in [0.25, 0.3) is 0 Å². The van der Waals surface area contributed by atoms with Gasteiger partial charge >= 0.3 is 0 Å². The van der Waals surface area contributed by atoms with Gasteiger partial charge in [0.05, 0.1) is 6.07 Å². The van der Waals surface area contributed by atoms with Crippen LogP contribution in [0.5, 0.6) is 0 Å². The SMILES string of the molecule is C[C@@H]1CCC[C@@](C#N)(NC(=O)[C@H]2CC=CCC2)C1. The third-order valence-corrected chi connectivity index (χ3v) is 4.21. The number of carbonyl (C=O) groups excluding carboxylic acids is 1. The minimum Gasteiger partial charge on any atom is -0.338 e. The molecule has 3 nitrogen and oxygen atoms in total. The van der Waals surface area contributed by atoms with E-state index in [9.17, 15) is 10.1 Å². The third kappa shape index (κ3) is 2.93. The van der Waals surface area contributed by atoms with E-state index in [1.165, 1.54) is 6.42 Å². The minimum atomic E-state index is -0.601. The van der Waals surface area contributed by atoms with Gasteiger partial charge in [-0.15, -0.1) is 0 Å². The summed E-state index contributed by atoms with van der Waals surface area (Å²) in [7, 11) is 0. The summed E-state index contributed by atoms with van der Waals surface area (Å²) in [4.78, 5) is 12.2. The maximum Gasteiger partial charge on any atom is 0.224 e. The Kier molecular flexibility index (Phi) is 4.06. The predicted molar refractivity (Wildman–Crippen MR) is 70.6 cm³/mol. The zero-order valence-electron chi connectivity index (χ0n) is 11.1. The van der Waals surface area contributed by atoms with Crippen molar-refractivity contribution in [3.05, 3.63) is 12.2 Å². The Labute approximate surface area is 109 Å². The molecule has 2 aliphatic carbocycles. The molecule has 0 aliphatic heterocycles. The number of nitrogens with one attached hydrogen (secondary N) is 1. The first-order chi connectivity index (χ1) is 8.65. The van der Waals surface area contributed by atoms with Gasteiger partial charge in [-0.05, 0) is 44.4 Å². The largest absolute Gasteiger partial charge is 0.338 e. The van der Waals surface area contributed by atoms with Crippen LogP contribution in [0.4, 0.5) is 0 Å². The standard InChI is InChI=1S/C15H22N2O/c1-12-6-5-9-15(10-12,11-16)17-14(18)13-7-3-2-4-8-13/h2-3,12-13H,4-10H2,1H3,(H,17,18)/t12-,13+,15-/m1/s1. The molecular formula is C15H22N2O. The van der Waals surface area contributed by atoms with Gasteiger partial charge in [-0.2, -0.15) is 5.26 Å². The van der Waals surface area contributed by atoms with E-state index in [-0.39, 0.29) is 11.8 Å². The van der Waals surface area contributed by atoms with E-state index in [0.717, 1.165) is 38.5 Å². The molecule has 0 aromatic carbocycles. The molecule has 0 unspecified atom stereocenters. The number of allylic oxidation sites excluding steroid dienone is 2. The fourth-order valence-corrected chi connectivity index (χ4v) is 3.16. The molecule has 1 N–H and O–H groups in total. The minimum absolute atomic E-state index is 0.0671. The van der Waals surface area contributed by atoms with Gasteiger partial charge in [0.2, 0.25) is 5.91 Å². The van der Waals surface area contributed by atoms with E-state index in [1.54, 1.807) is 0 Å². The third-order valence-electron chi connectivity index (χ3n) is 4.21. The van der Waals surface area contributed by atoms with E-state index in [1.807, 2.05) is 0 Å². The normalized spacial score (nSPS) is 35.8. The topological polar surface area (TPSA) is 52.9 Å². The summed E-state index contributed by atoms with van der Waals surface area (Å²) in [5, 5.41) is 12.5. The molecule has 2 rings (SSSR count). The summed E-state index contributed by atoms with van der Waals surface area (Å²) in [6, 6.07) is 2.37. The Balaban J connectivity index is 1.99. The summed E-state index contributed by atoms with van der Waals surface area (Å²) in [5.41, 5.74) is -0.601. The molecule has 1 amide bonds. The van der Waals surface area contributed by atoms with Crippen molar-refractivity contribution < 1.29 is 4.79 Å². The van der Waals surface area contributed by atoms with Crippen LogP contribution in [0.2, 0.25) is 0 Å². The maximum absolute atomic E-state index is 12.2. The Bertz CT molecular complexity index is 382. The smallest absolute Gasteiger partial charge is 0.224 e. The van der Waals surface area contributed by atoms with Gasteiger partial charge in [0.1, 0.15) is 5.54 Å². The average Bonchev–Trinajstić information content (AvgIpc) is 2.39. The lowest BCUT2D eigenvalue weighted by atomic mass is 9.77. The van der Waals surface area contributed by atoms with E-state index < -0.39 is 5.54 Å². The summed E-state index contributed by atoms with van der Waals surface area (Å²) >= 11 is 0. The Hall–Kier alpha value is -1.30. The quantitative estimate of drug-likeness (QED) is 0.762. The molecule has 0 heterocycles. The molecule has 98 valence electrons. The lowest BCUT2D eigenvalue weighted by Crippen LogP contribution is -2.52. The van der Waals surface area contributed by atoms with Crippen molar-refractivity contribution >= 4 is 5.91 Å². The molecule has 1 saturated carbocycles. The molecule has 0 saturated heterocycles. The Morgan fingerprint density at radius 1 is 1.44 bits per heavy atom. The number of amides is 1. The highest BCUT2D eigenvalue weighted by Gasteiger charge is 2.37. The molecule has 0 aromatic heterocycles. The Morgan fingerprint density at radius 2 is 2.28 bits per heavy atom. The van der Waals surface area contributed by atoms with Crippen molar-refractivity contribution in [2.75, 3.05) is 0 Å². The van der Waals surface area contributed by atoms with Gasteiger partial charge in [0, 0.05) is 5.92 Å². The molecule has 0 bridgehead atoms. The van der Waals surface area contributed by atoms with Crippen molar-refractivity contribution in [1.82, 2.24) is 5.32 Å². The van der Waals surface area contributed by atoms with Crippen LogP contribution in [-0.2, 0) is 4.79 Å². The summed E-state index contributed by atoms with van der Waals surface area (Å²) < 4.78 is 0. The van der Waals surface area contributed by atoms with Crippen molar-refractivity contribution in [1.29, 1.82) is 5.26 Å². The van der Waals surface area contributed by atoms with E-state index in [4.69, 9.17) is 0 Å². The van der Waals surface area contributed by atoms with E-state index in [0.29, 0.717) is 5.92 Å². The highest BCUT2D eigenvalue weighted by molar-refractivity contribution is 5.80. The summed E-state index contributed by atoms with van der Waals surface area (Å²) in [6.45, 7) is 2.17. The van der Waals surface area contributed by atoms with Crippen LogP contribution < -0.4 is 5.32 Å². The lowest BCUT2D eigenvalue weighted by molar-refractivity contribution is -0.127. The van der Waals surface area contributed by atoms with Crippen molar-refractivity contribution in [2.24, 2.45) is 11.8 Å². The first kappa shape index (κ1) is 13.1. The van der Waals surface area contributed by atoms with Crippen LogP contribution in [0.3, 0.4) is 0 Å². The number of rotatable bonds is 2. The average molecular weight is 246 g/mol. The van der Waals surface area contributed by atoms with Gasteiger partial charge in [0.25, 0.3) is 0 Å². The molecule has 0 spiro atoms. The number of hydrogen-bond donors (Lipinski definition) is 1. The maximum atomic E-state index is 12.2. The van der Waals surface area contributed by atoms with Gasteiger partial charge in [-0.1, -0.05) is 25.5 Å². The van der Waals surface area contributed by atoms with Crippen molar-refractivity contribution in [3.63, 3.8) is 0 Å². The monoisotopic (exact) mass is 246 g/mol. The summed E-state index contributed by atoms with van der Waals surface area (Å²) in [6.07, 6.45) is 10.8. The lowest BCUT2D eigenvalue weighted by Gasteiger charge is -2.36. The zero-order valence-corrected chi connectivity index (χ0v) is 11.1. The van der Waals surface area contributed by atoms with E-state index in [2.05, 4.69) is 30.5 Å². The molecule has 2 aliphatic rings. The molecule has 18 heavy (non-hydrogen) atoms. The van der Waals surface area contributed by atoms with Crippen LogP contribution >= 0.6 is 0 Å². The first-order valence-corrected chi connectivity index (χ1v) is 7.03. The zero-order chi connectivity index (χ0) is 13.0. The summed E-state index contributed by atoms with van der Waals surface area (Å²) in [5.74, 6) is 0.678. The number of nitriles is 1. The van der Waals surface area contributed by atoms with Gasteiger partial charge < -0.3 is 5.32 Å². The highest BCUT2D eigenvalue weighted by atomic mass is 16.2. The van der Waals surface area contributed by atoms with Crippen LogP contribution in [0.1, 0.15) is 51.9 Å². The van der Waals surface area contributed by atoms with Gasteiger partial charge in [-0.25, -0.2) is 0 Å². The number of nitrogens with zero attached hydrogens (tertiary/aromatic N) is 1. The fraction of sp³-hybridized carbons (Fsp3) is 0.733. The molecule has 1 fully saturated rings. The first-order valence-electron chi connectivity index (χ1n) is 7.03. The fourth-order valence-electron chi connectivity index (χ4n) is 3.16.